The second-order valence-corrected chi connectivity index (χ2v) is 9.56. The summed E-state index contributed by atoms with van der Waals surface area (Å²) in [6, 6.07) is 19.5. The molecule has 0 aliphatic heterocycles. The molecule has 0 bridgehead atoms. The van der Waals surface area contributed by atoms with Crippen LogP contribution in [-0.4, -0.2) is 42.9 Å². The van der Waals surface area contributed by atoms with E-state index in [0.29, 0.717) is 41.7 Å². The zero-order chi connectivity index (χ0) is 27.2. The first-order valence-corrected chi connectivity index (χ1v) is 12.8. The third-order valence-electron chi connectivity index (χ3n) is 6.62. The molecule has 0 spiro atoms. The fourth-order valence-corrected chi connectivity index (χ4v) is 4.57. The zero-order valence-electron chi connectivity index (χ0n) is 22.4. The van der Waals surface area contributed by atoms with E-state index < -0.39 is 0 Å². The van der Waals surface area contributed by atoms with E-state index in [0.717, 1.165) is 33.5 Å². The van der Waals surface area contributed by atoms with Crippen LogP contribution in [0.25, 0.3) is 10.9 Å². The van der Waals surface area contributed by atoms with Crippen molar-refractivity contribution < 1.29 is 14.2 Å². The van der Waals surface area contributed by atoms with Gasteiger partial charge in [-0.25, -0.2) is 0 Å². The molecule has 0 saturated heterocycles. The molecule has 38 heavy (non-hydrogen) atoms. The van der Waals surface area contributed by atoms with Gasteiger partial charge in [-0.15, -0.1) is 0 Å². The minimum atomic E-state index is -0.124. The van der Waals surface area contributed by atoms with Crippen molar-refractivity contribution in [3.63, 3.8) is 0 Å². The lowest BCUT2D eigenvalue weighted by molar-refractivity contribution is 0.354. The quantitative estimate of drug-likeness (QED) is 0.272. The zero-order valence-corrected chi connectivity index (χ0v) is 23.2. The molecule has 0 radical (unpaired) electrons. The Labute approximate surface area is 228 Å². The Morgan fingerprint density at radius 2 is 1.68 bits per heavy atom. The number of methoxy groups -OCH3 is 3. The summed E-state index contributed by atoms with van der Waals surface area (Å²) >= 11 is 5.83. The molecule has 0 unspecified atom stereocenters. The predicted molar refractivity (Wildman–Crippen MR) is 157 cm³/mol. The topological polar surface area (TPSA) is 75.8 Å². The maximum Gasteiger partial charge on any atom is 0.253 e. The van der Waals surface area contributed by atoms with Crippen molar-refractivity contribution in [1.82, 2.24) is 9.88 Å². The summed E-state index contributed by atoms with van der Waals surface area (Å²) in [4.78, 5) is 18.1. The van der Waals surface area contributed by atoms with Gasteiger partial charge in [0.05, 0.1) is 27.9 Å². The number of aromatic amines is 1. The number of aryl methyl sites for hydroxylation is 2. The molecule has 0 aliphatic rings. The first kappa shape index (κ1) is 27.0. The van der Waals surface area contributed by atoms with Gasteiger partial charge in [0.25, 0.3) is 5.56 Å². The molecule has 4 rings (SSSR count). The number of thiocarbonyl (C=S) groups is 1. The van der Waals surface area contributed by atoms with E-state index in [9.17, 15) is 4.79 Å². The highest BCUT2D eigenvalue weighted by Crippen LogP contribution is 2.28. The Kier molecular flexibility index (Phi) is 8.53. The van der Waals surface area contributed by atoms with E-state index in [1.54, 1.807) is 21.3 Å². The summed E-state index contributed by atoms with van der Waals surface area (Å²) in [6.07, 6.45) is 0.685. The number of fused-ring (bicyclic) bond motifs is 1. The third-order valence-corrected chi connectivity index (χ3v) is 6.98. The molecule has 0 fully saturated rings. The van der Waals surface area contributed by atoms with E-state index in [-0.39, 0.29) is 5.56 Å². The first-order chi connectivity index (χ1) is 18.3. The summed E-state index contributed by atoms with van der Waals surface area (Å²) in [5, 5.41) is 4.81. The average molecular weight is 532 g/mol. The molecule has 3 aromatic carbocycles. The summed E-state index contributed by atoms with van der Waals surface area (Å²) < 4.78 is 16.2. The Morgan fingerprint density at radius 1 is 0.921 bits per heavy atom. The number of H-pyrrole nitrogens is 1. The molecule has 1 heterocycles. The Balaban J connectivity index is 1.62. The SMILES string of the molecule is COc1cccc(NC(=S)N(CCc2ccc(OC)c(OC)c2)Cc2cc3cc(C)c(C)cc3[nH]c2=O)c1. The van der Waals surface area contributed by atoms with Crippen LogP contribution in [0.4, 0.5) is 5.69 Å². The van der Waals surface area contributed by atoms with Gasteiger partial charge in [-0.3, -0.25) is 4.79 Å². The number of ether oxygens (including phenoxy) is 3. The van der Waals surface area contributed by atoms with Crippen LogP contribution in [0.2, 0.25) is 0 Å². The van der Waals surface area contributed by atoms with E-state index in [2.05, 4.69) is 23.3 Å². The third kappa shape index (κ3) is 6.26. The van der Waals surface area contributed by atoms with E-state index >= 15 is 0 Å². The Bertz CT molecular complexity index is 1520. The van der Waals surface area contributed by atoms with Crippen LogP contribution in [0.5, 0.6) is 17.2 Å². The highest BCUT2D eigenvalue weighted by atomic mass is 32.1. The monoisotopic (exact) mass is 531 g/mol. The van der Waals surface area contributed by atoms with Crippen molar-refractivity contribution in [1.29, 1.82) is 0 Å². The van der Waals surface area contributed by atoms with Gasteiger partial charge in [0.15, 0.2) is 16.6 Å². The van der Waals surface area contributed by atoms with Gasteiger partial charge >= 0.3 is 0 Å². The maximum atomic E-state index is 13.1. The number of aromatic nitrogens is 1. The van der Waals surface area contributed by atoms with Crippen molar-refractivity contribution in [2.24, 2.45) is 0 Å². The van der Waals surface area contributed by atoms with E-state index in [4.69, 9.17) is 26.4 Å². The van der Waals surface area contributed by atoms with Gasteiger partial charge in [-0.05, 0) is 97.0 Å². The lowest BCUT2D eigenvalue weighted by atomic mass is 10.0. The van der Waals surface area contributed by atoms with Crippen molar-refractivity contribution in [3.05, 3.63) is 93.3 Å². The van der Waals surface area contributed by atoms with Crippen molar-refractivity contribution in [2.75, 3.05) is 33.2 Å². The molecular formula is C30H33N3O4S. The van der Waals surface area contributed by atoms with Crippen molar-refractivity contribution in [2.45, 2.75) is 26.8 Å². The molecule has 0 atom stereocenters. The molecule has 0 saturated carbocycles. The minimum Gasteiger partial charge on any atom is -0.497 e. The number of hydrogen-bond acceptors (Lipinski definition) is 5. The van der Waals surface area contributed by atoms with E-state index in [1.807, 2.05) is 66.4 Å². The van der Waals surface area contributed by atoms with Crippen molar-refractivity contribution in [3.8, 4) is 17.2 Å². The number of nitrogens with one attached hydrogen (secondary N) is 2. The molecule has 7 nitrogen and oxygen atoms in total. The summed E-state index contributed by atoms with van der Waals surface area (Å²) in [7, 11) is 4.87. The van der Waals surface area contributed by atoms with Gasteiger partial charge in [0, 0.05) is 29.4 Å². The van der Waals surface area contributed by atoms with Crippen LogP contribution in [0.3, 0.4) is 0 Å². The molecule has 8 heteroatoms. The Morgan fingerprint density at radius 3 is 2.42 bits per heavy atom. The van der Waals surface area contributed by atoms with Crippen LogP contribution in [0.1, 0.15) is 22.3 Å². The second kappa shape index (κ2) is 12.0. The largest absolute Gasteiger partial charge is 0.497 e. The normalized spacial score (nSPS) is 10.8. The fraction of sp³-hybridized carbons (Fsp3) is 0.267. The molecular weight excluding hydrogens is 498 g/mol. The van der Waals surface area contributed by atoms with Crippen LogP contribution >= 0.6 is 12.2 Å². The number of anilines is 1. The number of rotatable bonds is 9. The Hall–Kier alpha value is -4.04. The lowest BCUT2D eigenvalue weighted by Crippen LogP contribution is -2.37. The van der Waals surface area contributed by atoms with Gasteiger partial charge in [0.1, 0.15) is 5.75 Å². The fourth-order valence-electron chi connectivity index (χ4n) is 4.30. The van der Waals surface area contributed by atoms with Gasteiger partial charge < -0.3 is 29.4 Å². The summed E-state index contributed by atoms with van der Waals surface area (Å²) in [5.74, 6) is 2.08. The second-order valence-electron chi connectivity index (χ2n) is 9.17. The van der Waals surface area contributed by atoms with Crippen LogP contribution < -0.4 is 25.1 Å². The summed E-state index contributed by atoms with van der Waals surface area (Å²) in [6.45, 7) is 5.04. The highest BCUT2D eigenvalue weighted by molar-refractivity contribution is 7.80. The first-order valence-electron chi connectivity index (χ1n) is 12.3. The smallest absolute Gasteiger partial charge is 0.253 e. The predicted octanol–water partition coefficient (Wildman–Crippen LogP) is 5.61. The molecule has 0 amide bonds. The number of benzene rings is 3. The van der Waals surface area contributed by atoms with Gasteiger partial charge in [-0.2, -0.15) is 0 Å². The van der Waals surface area contributed by atoms with Gasteiger partial charge in [-0.1, -0.05) is 12.1 Å². The molecule has 1 aromatic heterocycles. The van der Waals surface area contributed by atoms with Crippen molar-refractivity contribution >= 4 is 33.9 Å². The lowest BCUT2D eigenvalue weighted by Gasteiger charge is -2.26. The average Bonchev–Trinajstić information content (AvgIpc) is 2.92. The molecule has 198 valence electrons. The van der Waals surface area contributed by atoms with E-state index in [1.165, 1.54) is 5.56 Å². The van der Waals surface area contributed by atoms with Crippen LogP contribution in [0.15, 0.2) is 65.5 Å². The molecule has 2 N–H and O–H groups in total. The standard InChI is InChI=1S/C30H33N3O4S/c1-19-13-22-16-23(29(34)32-26(22)14-20(19)2)18-33(30(38)31-24-7-6-8-25(17-24)35-3)12-11-21-9-10-27(36-4)28(15-21)37-5/h6-10,13-17H,11-12,18H2,1-5H3,(H,31,38)(H,32,34). The maximum absolute atomic E-state index is 13.1. The molecule has 0 aliphatic carbocycles. The van der Waals surface area contributed by atoms with Crippen LogP contribution in [0, 0.1) is 13.8 Å². The summed E-state index contributed by atoms with van der Waals surface area (Å²) in [5.41, 5.74) is 5.54. The van der Waals surface area contributed by atoms with Gasteiger partial charge in [0.2, 0.25) is 0 Å². The minimum absolute atomic E-state index is 0.124. The number of hydrogen-bond donors (Lipinski definition) is 2. The number of nitrogens with zero attached hydrogens (tertiary/aromatic N) is 1. The van der Waals surface area contributed by atoms with Crippen LogP contribution in [-0.2, 0) is 13.0 Å². The number of pyridine rings is 1. The molecule has 4 aromatic rings. The highest BCUT2D eigenvalue weighted by Gasteiger charge is 2.15.